The van der Waals surface area contributed by atoms with Crippen molar-refractivity contribution in [1.82, 2.24) is 10.6 Å². The highest BCUT2D eigenvalue weighted by Gasteiger charge is 2.02. The molecule has 0 aliphatic carbocycles. The van der Waals surface area contributed by atoms with Gasteiger partial charge in [0.2, 0.25) is 5.91 Å². The Morgan fingerprint density at radius 3 is 2.24 bits per heavy atom. The van der Waals surface area contributed by atoms with Crippen LogP contribution in [0.15, 0.2) is 0 Å². The van der Waals surface area contributed by atoms with Crippen molar-refractivity contribution in [1.29, 1.82) is 0 Å². The molecule has 0 spiro atoms. The fraction of sp³-hybridized carbons (Fsp3) is 0.818. The lowest BCUT2D eigenvalue weighted by molar-refractivity contribution is -0.121. The second-order valence-electron chi connectivity index (χ2n) is 3.70. The van der Waals surface area contributed by atoms with E-state index in [1.165, 1.54) is 0 Å². The van der Waals surface area contributed by atoms with Crippen LogP contribution in [0, 0.1) is 0 Å². The number of ether oxygens (including phenoxy) is 2. The molecule has 0 aromatic carbocycles. The van der Waals surface area contributed by atoms with Crippen molar-refractivity contribution in [3.05, 3.63) is 0 Å². The van der Waals surface area contributed by atoms with Crippen LogP contribution in [0.25, 0.3) is 0 Å². The van der Waals surface area contributed by atoms with Crippen molar-refractivity contribution in [2.24, 2.45) is 0 Å². The molecule has 0 aliphatic heterocycles. The Balaban J connectivity index is 3.24. The standard InChI is InChI=1S/C11H22N2O4/c1-4-10(14)12-5-7-16-8-6-13-11(15)17-9(2)3/h9H,4-8H2,1-3H3,(H,12,14)(H,13,15). The largest absolute Gasteiger partial charge is 0.447 e. The Kier molecular flexibility index (Phi) is 9.14. The predicted octanol–water partition coefficient (Wildman–Crippen LogP) is 0.664. The van der Waals surface area contributed by atoms with Crippen LogP contribution in [0.4, 0.5) is 4.79 Å². The zero-order valence-electron chi connectivity index (χ0n) is 10.7. The summed E-state index contributed by atoms with van der Waals surface area (Å²) in [4.78, 5) is 21.9. The van der Waals surface area contributed by atoms with Crippen molar-refractivity contribution >= 4 is 12.0 Å². The van der Waals surface area contributed by atoms with E-state index in [4.69, 9.17) is 9.47 Å². The molecular formula is C11H22N2O4. The van der Waals surface area contributed by atoms with E-state index in [0.717, 1.165) is 0 Å². The number of nitrogens with one attached hydrogen (secondary N) is 2. The molecule has 17 heavy (non-hydrogen) atoms. The lowest BCUT2D eigenvalue weighted by Gasteiger charge is -2.09. The summed E-state index contributed by atoms with van der Waals surface area (Å²) >= 11 is 0. The highest BCUT2D eigenvalue weighted by molar-refractivity contribution is 5.75. The first-order chi connectivity index (χ1) is 8.06. The molecule has 0 unspecified atom stereocenters. The van der Waals surface area contributed by atoms with Crippen LogP contribution >= 0.6 is 0 Å². The number of hydrogen-bond donors (Lipinski definition) is 2. The van der Waals surface area contributed by atoms with Gasteiger partial charge in [0.05, 0.1) is 19.3 Å². The number of carbonyl (C=O) groups excluding carboxylic acids is 2. The van der Waals surface area contributed by atoms with Gasteiger partial charge in [0, 0.05) is 19.5 Å². The topological polar surface area (TPSA) is 76.7 Å². The first-order valence-corrected chi connectivity index (χ1v) is 5.85. The predicted molar refractivity (Wildman–Crippen MR) is 63.7 cm³/mol. The molecule has 0 bridgehead atoms. The molecule has 0 atom stereocenters. The third kappa shape index (κ3) is 11.0. The van der Waals surface area contributed by atoms with Crippen molar-refractivity contribution in [2.45, 2.75) is 33.3 Å². The fourth-order valence-corrected chi connectivity index (χ4v) is 0.971. The Morgan fingerprint density at radius 1 is 1.12 bits per heavy atom. The van der Waals surface area contributed by atoms with E-state index >= 15 is 0 Å². The van der Waals surface area contributed by atoms with Gasteiger partial charge >= 0.3 is 6.09 Å². The molecule has 0 aromatic rings. The minimum absolute atomic E-state index is 0.00670. The summed E-state index contributed by atoms with van der Waals surface area (Å²) < 4.78 is 10.1. The van der Waals surface area contributed by atoms with Crippen LogP contribution < -0.4 is 10.6 Å². The molecule has 0 radical (unpaired) electrons. The van der Waals surface area contributed by atoms with Crippen LogP contribution in [0.2, 0.25) is 0 Å². The van der Waals surface area contributed by atoms with Gasteiger partial charge in [-0.3, -0.25) is 4.79 Å². The van der Waals surface area contributed by atoms with Crippen LogP contribution in [0.3, 0.4) is 0 Å². The average molecular weight is 246 g/mol. The summed E-state index contributed by atoms with van der Waals surface area (Å²) in [5.41, 5.74) is 0. The van der Waals surface area contributed by atoms with Gasteiger partial charge in [-0.2, -0.15) is 0 Å². The van der Waals surface area contributed by atoms with Gasteiger partial charge in [-0.1, -0.05) is 6.92 Å². The lowest BCUT2D eigenvalue weighted by atomic mass is 10.4. The molecule has 0 aromatic heterocycles. The maximum absolute atomic E-state index is 11.0. The lowest BCUT2D eigenvalue weighted by Crippen LogP contribution is -2.31. The van der Waals surface area contributed by atoms with Gasteiger partial charge < -0.3 is 20.1 Å². The van der Waals surface area contributed by atoms with Gasteiger partial charge in [0.25, 0.3) is 0 Å². The van der Waals surface area contributed by atoms with E-state index in [-0.39, 0.29) is 12.0 Å². The molecule has 2 amide bonds. The zero-order valence-corrected chi connectivity index (χ0v) is 10.7. The summed E-state index contributed by atoms with van der Waals surface area (Å²) in [6, 6.07) is 0. The van der Waals surface area contributed by atoms with Crippen LogP contribution in [-0.4, -0.2) is 44.4 Å². The number of alkyl carbamates (subject to hydrolysis) is 1. The van der Waals surface area contributed by atoms with E-state index < -0.39 is 6.09 Å². The van der Waals surface area contributed by atoms with Crippen LogP contribution in [0.1, 0.15) is 27.2 Å². The van der Waals surface area contributed by atoms with E-state index in [9.17, 15) is 9.59 Å². The Hall–Kier alpha value is -1.30. The summed E-state index contributed by atoms with van der Waals surface area (Å²) in [5, 5.41) is 5.23. The monoisotopic (exact) mass is 246 g/mol. The summed E-state index contributed by atoms with van der Waals surface area (Å²) in [6.45, 7) is 7.08. The molecule has 2 N–H and O–H groups in total. The minimum Gasteiger partial charge on any atom is -0.447 e. The zero-order chi connectivity index (χ0) is 13.1. The molecular weight excluding hydrogens is 224 g/mol. The van der Waals surface area contributed by atoms with E-state index in [1.54, 1.807) is 20.8 Å². The minimum atomic E-state index is -0.442. The van der Waals surface area contributed by atoms with Crippen molar-refractivity contribution < 1.29 is 19.1 Å². The highest BCUT2D eigenvalue weighted by atomic mass is 16.6. The normalized spacial score (nSPS) is 10.1. The van der Waals surface area contributed by atoms with Gasteiger partial charge in [-0.15, -0.1) is 0 Å². The summed E-state index contributed by atoms with van der Waals surface area (Å²) in [6.07, 6.45) is -0.0918. The number of carbonyl (C=O) groups is 2. The summed E-state index contributed by atoms with van der Waals surface area (Å²) in [7, 11) is 0. The second kappa shape index (κ2) is 9.89. The van der Waals surface area contributed by atoms with Crippen molar-refractivity contribution in [2.75, 3.05) is 26.3 Å². The van der Waals surface area contributed by atoms with Gasteiger partial charge in [-0.25, -0.2) is 4.79 Å². The van der Waals surface area contributed by atoms with Gasteiger partial charge in [0.1, 0.15) is 0 Å². The Labute approximate surface area is 102 Å². The molecule has 100 valence electrons. The molecule has 0 aliphatic rings. The number of rotatable bonds is 8. The first-order valence-electron chi connectivity index (χ1n) is 5.85. The van der Waals surface area contributed by atoms with Crippen molar-refractivity contribution in [3.8, 4) is 0 Å². The Morgan fingerprint density at radius 2 is 1.71 bits per heavy atom. The molecule has 0 heterocycles. The van der Waals surface area contributed by atoms with Crippen LogP contribution in [0.5, 0.6) is 0 Å². The Bertz CT molecular complexity index is 232. The van der Waals surface area contributed by atoms with E-state index in [2.05, 4.69) is 10.6 Å². The van der Waals surface area contributed by atoms with E-state index in [1.807, 2.05) is 0 Å². The highest BCUT2D eigenvalue weighted by Crippen LogP contribution is 1.87. The molecule has 0 fully saturated rings. The van der Waals surface area contributed by atoms with Crippen LogP contribution in [-0.2, 0) is 14.3 Å². The maximum Gasteiger partial charge on any atom is 0.407 e. The number of amides is 2. The SMILES string of the molecule is CCC(=O)NCCOCCNC(=O)OC(C)C. The quantitative estimate of drug-likeness (QED) is 0.617. The molecule has 0 saturated carbocycles. The third-order valence-electron chi connectivity index (χ3n) is 1.75. The van der Waals surface area contributed by atoms with Crippen molar-refractivity contribution in [3.63, 3.8) is 0 Å². The molecule has 0 saturated heterocycles. The maximum atomic E-state index is 11.0. The van der Waals surface area contributed by atoms with Gasteiger partial charge in [0.15, 0.2) is 0 Å². The molecule has 6 heteroatoms. The fourth-order valence-electron chi connectivity index (χ4n) is 0.971. The second-order valence-corrected chi connectivity index (χ2v) is 3.70. The molecule has 6 nitrogen and oxygen atoms in total. The van der Waals surface area contributed by atoms with E-state index in [0.29, 0.717) is 32.7 Å². The summed E-state index contributed by atoms with van der Waals surface area (Å²) in [5.74, 6) is 0.00670. The first kappa shape index (κ1) is 15.7. The molecule has 0 rings (SSSR count). The number of hydrogen-bond acceptors (Lipinski definition) is 4. The third-order valence-corrected chi connectivity index (χ3v) is 1.75. The van der Waals surface area contributed by atoms with Gasteiger partial charge in [-0.05, 0) is 13.8 Å². The average Bonchev–Trinajstić information content (AvgIpc) is 2.26. The smallest absolute Gasteiger partial charge is 0.407 e.